The third-order valence-electron chi connectivity index (χ3n) is 5.90. The number of Topliss-reactive ketones (excluding diaryl/α,β-unsaturated/α-hetero) is 1. The van der Waals surface area contributed by atoms with Crippen molar-refractivity contribution in [2.75, 3.05) is 21.1 Å². The maximum Gasteiger partial charge on any atom is 0.197 e. The number of carbonyl (C=O) groups is 1. The number of rotatable bonds is 22. The number of halogens is 1. The summed E-state index contributed by atoms with van der Waals surface area (Å²) in [5, 5.41) is 8.03. The van der Waals surface area contributed by atoms with Gasteiger partial charge in [0.05, 0.1) is 21.1 Å². The Kier molecular flexibility index (Phi) is 27.1. The van der Waals surface area contributed by atoms with Gasteiger partial charge in [0.2, 0.25) is 0 Å². The molecule has 0 saturated heterocycles. The highest BCUT2D eigenvalue weighted by Gasteiger charge is 2.29. The lowest BCUT2D eigenvalue weighted by Crippen LogP contribution is -3.02. The molecule has 4 heteroatoms. The van der Waals surface area contributed by atoms with Crippen LogP contribution < -0.4 is 4.90 Å². The number of ketones is 1. The Morgan fingerprint density at radius 3 is 1.12 bits per heavy atom. The van der Waals surface area contributed by atoms with Gasteiger partial charge in [0.25, 0.3) is 0 Å². The highest BCUT2D eigenvalue weighted by molar-refractivity contribution is 6.33. The van der Waals surface area contributed by atoms with Crippen molar-refractivity contribution in [3.05, 3.63) is 0 Å². The summed E-state index contributed by atoms with van der Waals surface area (Å²) in [4.78, 5) is 13.1. The molecule has 0 aromatic rings. The number of carbonyl (C=O) groups excluding carboxylic acids is 1. The van der Waals surface area contributed by atoms with Gasteiger partial charge in [-0.25, -0.2) is 0 Å². The molecule has 0 aromatic heterocycles. The molecule has 0 fully saturated rings. The molecule has 0 saturated carbocycles. The first-order valence-corrected chi connectivity index (χ1v) is 14.4. The molecule has 0 radical (unpaired) electrons. The highest BCUT2D eigenvalue weighted by atomic mass is 35.5. The summed E-state index contributed by atoms with van der Waals surface area (Å²) < 4.78 is 0. The maximum atomic E-state index is 11.7. The molecule has 3 nitrogen and oxygen atoms in total. The van der Waals surface area contributed by atoms with Crippen LogP contribution in [-0.2, 0) is 4.79 Å². The zero-order valence-corrected chi connectivity index (χ0v) is 23.3. The van der Waals surface area contributed by atoms with Crippen LogP contribution in [0.3, 0.4) is 0 Å². The van der Waals surface area contributed by atoms with Gasteiger partial charge >= 0.3 is 0 Å². The molecule has 0 aromatic carbocycles. The van der Waals surface area contributed by atoms with Crippen LogP contribution in [0.25, 0.3) is 0 Å². The topological polar surface area (TPSA) is 41.7 Å². The van der Waals surface area contributed by atoms with Crippen molar-refractivity contribution in [3.63, 3.8) is 0 Å². The number of hydrogen-bond acceptors (Lipinski definition) is 2. The first kappa shape index (κ1) is 34.0. The van der Waals surface area contributed by atoms with Gasteiger partial charge in [-0.2, -0.15) is 0 Å². The second-order valence-corrected chi connectivity index (χ2v) is 10.8. The quantitative estimate of drug-likeness (QED) is 0.125. The Morgan fingerprint density at radius 1 is 0.625 bits per heavy atom. The molecule has 0 aliphatic rings. The van der Waals surface area contributed by atoms with Gasteiger partial charge in [-0.15, -0.1) is 0 Å². The molecule has 32 heavy (non-hydrogen) atoms. The Hall–Kier alpha value is -0.120. The van der Waals surface area contributed by atoms with Gasteiger partial charge in [-0.1, -0.05) is 141 Å². The van der Waals surface area contributed by atoms with E-state index in [1.807, 2.05) is 0 Å². The standard InChI is InChI=1S/C25H49ClO2.C3H9N/c1-3-5-6-7-8-9-10-11-12-13-14-15-16-17-18-19-20-21-22-23-24(27)25(26,28)4-2;1-4(2)3/h28H,3-23H2,1-2H3;1-3H3/p+1. The molecular formula is C28H59ClNO2+. The normalized spacial score (nSPS) is 13.0. The third-order valence-corrected chi connectivity index (χ3v) is 6.38. The minimum Gasteiger partial charge on any atom is -0.369 e. The van der Waals surface area contributed by atoms with Crippen LogP contribution in [-0.4, -0.2) is 37.1 Å². The van der Waals surface area contributed by atoms with Crippen molar-refractivity contribution in [2.24, 2.45) is 0 Å². The van der Waals surface area contributed by atoms with Crippen LogP contribution in [0.4, 0.5) is 0 Å². The van der Waals surface area contributed by atoms with E-state index in [2.05, 4.69) is 28.1 Å². The lowest BCUT2D eigenvalue weighted by Gasteiger charge is -2.16. The van der Waals surface area contributed by atoms with E-state index in [1.54, 1.807) is 6.92 Å². The molecule has 0 rings (SSSR count). The molecule has 2 N–H and O–H groups in total. The van der Waals surface area contributed by atoms with Crippen molar-refractivity contribution in [1.29, 1.82) is 0 Å². The molecule has 0 spiro atoms. The summed E-state index contributed by atoms with van der Waals surface area (Å²) in [6.45, 7) is 4.02. The van der Waals surface area contributed by atoms with Crippen molar-refractivity contribution in [2.45, 2.75) is 154 Å². The van der Waals surface area contributed by atoms with Crippen LogP contribution in [0.5, 0.6) is 0 Å². The lowest BCUT2D eigenvalue weighted by molar-refractivity contribution is -0.836. The molecule has 0 heterocycles. The van der Waals surface area contributed by atoms with Crippen LogP contribution in [0, 0.1) is 0 Å². The summed E-state index contributed by atoms with van der Waals surface area (Å²) in [6, 6.07) is 0. The fraction of sp³-hybridized carbons (Fsp3) is 0.964. The van der Waals surface area contributed by atoms with Gasteiger partial charge < -0.3 is 10.0 Å². The lowest BCUT2D eigenvalue weighted by atomic mass is 10.0. The van der Waals surface area contributed by atoms with Crippen LogP contribution in [0.2, 0.25) is 0 Å². The van der Waals surface area contributed by atoms with E-state index in [-0.39, 0.29) is 12.2 Å². The predicted octanol–water partition coefficient (Wildman–Crippen LogP) is 7.48. The Labute approximate surface area is 207 Å². The van der Waals surface area contributed by atoms with Crippen molar-refractivity contribution < 1.29 is 14.8 Å². The van der Waals surface area contributed by atoms with Crippen molar-refractivity contribution in [1.82, 2.24) is 0 Å². The smallest absolute Gasteiger partial charge is 0.197 e. The van der Waals surface area contributed by atoms with E-state index >= 15 is 0 Å². The van der Waals surface area contributed by atoms with Crippen molar-refractivity contribution in [3.8, 4) is 0 Å². The molecule has 0 bridgehead atoms. The summed E-state index contributed by atoms with van der Waals surface area (Å²) in [6.07, 6.45) is 26.2. The second-order valence-electron chi connectivity index (χ2n) is 10.2. The van der Waals surface area contributed by atoms with Gasteiger partial charge in [0.1, 0.15) is 0 Å². The number of quaternary nitrogens is 1. The highest BCUT2D eigenvalue weighted by Crippen LogP contribution is 2.20. The average molecular weight is 477 g/mol. The summed E-state index contributed by atoms with van der Waals surface area (Å²) in [5.74, 6) is -0.219. The third kappa shape index (κ3) is 27.9. The second kappa shape index (κ2) is 25.5. The zero-order chi connectivity index (χ0) is 24.5. The number of aliphatic hydroxyl groups is 1. The number of nitrogens with one attached hydrogen (secondary N) is 1. The minimum atomic E-state index is -1.63. The molecule has 194 valence electrons. The van der Waals surface area contributed by atoms with E-state index in [1.165, 1.54) is 114 Å². The monoisotopic (exact) mass is 476 g/mol. The van der Waals surface area contributed by atoms with E-state index in [9.17, 15) is 9.90 Å². The Balaban J connectivity index is 0. The predicted molar refractivity (Wildman–Crippen MR) is 143 cm³/mol. The molecule has 1 unspecified atom stereocenters. The summed E-state index contributed by atoms with van der Waals surface area (Å²) in [7, 11) is 6.25. The number of unbranched alkanes of at least 4 members (excludes halogenated alkanes) is 18. The Bertz CT molecular complexity index is 383. The number of alkyl halides is 1. The molecular weight excluding hydrogens is 418 g/mol. The van der Waals surface area contributed by atoms with Crippen LogP contribution >= 0.6 is 11.6 Å². The van der Waals surface area contributed by atoms with Crippen molar-refractivity contribution >= 4 is 17.4 Å². The summed E-state index contributed by atoms with van der Waals surface area (Å²) >= 11 is 5.76. The van der Waals surface area contributed by atoms with Gasteiger partial charge in [0.15, 0.2) is 10.8 Å². The van der Waals surface area contributed by atoms with Crippen LogP contribution in [0.1, 0.15) is 149 Å². The van der Waals surface area contributed by atoms with Gasteiger partial charge in [-0.3, -0.25) is 4.79 Å². The van der Waals surface area contributed by atoms with E-state index < -0.39 is 5.06 Å². The van der Waals surface area contributed by atoms with Crippen LogP contribution in [0.15, 0.2) is 0 Å². The fourth-order valence-corrected chi connectivity index (χ4v) is 3.85. The zero-order valence-electron chi connectivity index (χ0n) is 22.6. The first-order chi connectivity index (χ1) is 15.3. The van der Waals surface area contributed by atoms with Gasteiger partial charge in [-0.05, 0) is 12.8 Å². The van der Waals surface area contributed by atoms with Gasteiger partial charge in [0, 0.05) is 6.42 Å². The SMILES string of the molecule is CCCCCCCCCCCCCCCCCCCCCC(=O)C(O)(Cl)CC.C[NH+](C)C. The Morgan fingerprint density at radius 2 is 0.875 bits per heavy atom. The van der Waals surface area contributed by atoms with E-state index in [0.717, 1.165) is 12.8 Å². The van der Waals surface area contributed by atoms with E-state index in [4.69, 9.17) is 11.6 Å². The van der Waals surface area contributed by atoms with E-state index in [0.29, 0.717) is 6.42 Å². The average Bonchev–Trinajstić information content (AvgIpc) is 2.74. The minimum absolute atomic E-state index is 0.219. The molecule has 1 atom stereocenters. The fourth-order valence-electron chi connectivity index (χ4n) is 3.75. The molecule has 0 amide bonds. The summed E-state index contributed by atoms with van der Waals surface area (Å²) in [5.41, 5.74) is 0. The maximum absolute atomic E-state index is 11.7. The first-order valence-electron chi connectivity index (χ1n) is 14.0. The largest absolute Gasteiger partial charge is 0.369 e. The molecule has 0 aliphatic carbocycles. The molecule has 0 aliphatic heterocycles. The number of hydrogen-bond donors (Lipinski definition) is 2.